The number of nitrogens with two attached hydrogens (primary N) is 1. The van der Waals surface area contributed by atoms with E-state index in [1.165, 1.54) is 0 Å². The van der Waals surface area contributed by atoms with E-state index in [9.17, 15) is 0 Å². The van der Waals surface area contributed by atoms with Crippen LogP contribution in [0.5, 0.6) is 0 Å². The van der Waals surface area contributed by atoms with Gasteiger partial charge in [-0.25, -0.2) is 0 Å². The van der Waals surface area contributed by atoms with Gasteiger partial charge in [-0.2, -0.15) is 0 Å². The van der Waals surface area contributed by atoms with Gasteiger partial charge in [0.1, 0.15) is 0 Å². The molecule has 0 aliphatic rings. The SMILES string of the molecule is Cc1[nH]c(CO)c(C)c1N. The zero-order valence-electron chi connectivity index (χ0n) is 6.23. The predicted octanol–water partition coefficient (Wildman–Crippen LogP) is 0.706. The average molecular weight is 140 g/mol. The summed E-state index contributed by atoms with van der Waals surface area (Å²) in [6.45, 7) is 3.82. The van der Waals surface area contributed by atoms with Crippen LogP contribution in [0.3, 0.4) is 0 Å². The van der Waals surface area contributed by atoms with Gasteiger partial charge in [-0.1, -0.05) is 0 Å². The number of rotatable bonds is 1. The molecule has 0 unspecified atom stereocenters. The zero-order valence-corrected chi connectivity index (χ0v) is 6.23. The van der Waals surface area contributed by atoms with Gasteiger partial charge in [0.2, 0.25) is 0 Å². The fourth-order valence-corrected chi connectivity index (χ4v) is 0.989. The Morgan fingerprint density at radius 2 is 2.10 bits per heavy atom. The number of nitrogens with one attached hydrogen (secondary N) is 1. The van der Waals surface area contributed by atoms with Gasteiger partial charge in [-0.3, -0.25) is 0 Å². The topological polar surface area (TPSA) is 62.0 Å². The van der Waals surface area contributed by atoms with E-state index < -0.39 is 0 Å². The van der Waals surface area contributed by atoms with Crippen molar-refractivity contribution in [1.82, 2.24) is 4.98 Å². The molecular weight excluding hydrogens is 128 g/mol. The van der Waals surface area contributed by atoms with E-state index in [4.69, 9.17) is 10.8 Å². The van der Waals surface area contributed by atoms with Crippen molar-refractivity contribution in [2.75, 3.05) is 5.73 Å². The smallest absolute Gasteiger partial charge is 0.0834 e. The Labute approximate surface area is 59.9 Å². The summed E-state index contributed by atoms with van der Waals surface area (Å²) < 4.78 is 0. The van der Waals surface area contributed by atoms with Crippen LogP contribution in [-0.4, -0.2) is 10.1 Å². The number of hydrogen-bond acceptors (Lipinski definition) is 2. The predicted molar refractivity (Wildman–Crippen MR) is 40.6 cm³/mol. The second kappa shape index (κ2) is 2.34. The van der Waals surface area contributed by atoms with Gasteiger partial charge in [-0.05, 0) is 19.4 Å². The molecule has 1 aromatic heterocycles. The zero-order chi connectivity index (χ0) is 7.72. The van der Waals surface area contributed by atoms with Gasteiger partial charge in [0.15, 0.2) is 0 Å². The quantitative estimate of drug-likeness (QED) is 0.538. The Morgan fingerprint density at radius 3 is 2.30 bits per heavy atom. The molecule has 0 radical (unpaired) electrons. The summed E-state index contributed by atoms with van der Waals surface area (Å²) in [7, 11) is 0. The molecular formula is C7H12N2O. The Balaban J connectivity index is 3.17. The summed E-state index contributed by atoms with van der Waals surface area (Å²) in [4.78, 5) is 2.99. The van der Waals surface area contributed by atoms with E-state index in [2.05, 4.69) is 4.98 Å². The minimum Gasteiger partial charge on any atom is -0.397 e. The summed E-state index contributed by atoms with van der Waals surface area (Å²) in [6.07, 6.45) is 0. The molecule has 0 saturated carbocycles. The summed E-state index contributed by atoms with van der Waals surface area (Å²) in [5.74, 6) is 0. The van der Waals surface area contributed by atoms with Crippen LogP contribution in [0, 0.1) is 13.8 Å². The van der Waals surface area contributed by atoms with Crippen LogP contribution < -0.4 is 5.73 Å². The highest BCUT2D eigenvalue weighted by molar-refractivity contribution is 5.53. The monoisotopic (exact) mass is 140 g/mol. The maximum Gasteiger partial charge on any atom is 0.0834 e. The van der Waals surface area contributed by atoms with Crippen molar-refractivity contribution < 1.29 is 5.11 Å². The first-order valence-electron chi connectivity index (χ1n) is 3.21. The lowest BCUT2D eigenvalue weighted by Gasteiger charge is -1.91. The maximum absolute atomic E-state index is 8.77. The van der Waals surface area contributed by atoms with Gasteiger partial charge < -0.3 is 15.8 Å². The molecule has 56 valence electrons. The standard InChI is InChI=1S/C7H12N2O/c1-4-6(3-10)9-5(2)7(4)8/h9-10H,3,8H2,1-2H3. The van der Waals surface area contributed by atoms with E-state index in [-0.39, 0.29) is 6.61 Å². The highest BCUT2D eigenvalue weighted by Crippen LogP contribution is 2.18. The number of nitrogen functional groups attached to an aromatic ring is 1. The Hall–Kier alpha value is -0.960. The van der Waals surface area contributed by atoms with E-state index in [1.807, 2.05) is 13.8 Å². The van der Waals surface area contributed by atoms with Crippen LogP contribution in [-0.2, 0) is 6.61 Å². The first-order chi connectivity index (χ1) is 4.66. The van der Waals surface area contributed by atoms with E-state index in [0.717, 1.165) is 22.6 Å². The number of anilines is 1. The third-order valence-corrected chi connectivity index (χ3v) is 1.76. The van der Waals surface area contributed by atoms with Crippen molar-refractivity contribution in [2.45, 2.75) is 20.5 Å². The first kappa shape index (κ1) is 7.15. The molecule has 0 aliphatic carbocycles. The molecule has 0 amide bonds. The molecule has 0 atom stereocenters. The van der Waals surface area contributed by atoms with Crippen molar-refractivity contribution in [3.05, 3.63) is 17.0 Å². The van der Waals surface area contributed by atoms with Gasteiger partial charge in [0.25, 0.3) is 0 Å². The first-order valence-corrected chi connectivity index (χ1v) is 3.21. The maximum atomic E-state index is 8.77. The van der Waals surface area contributed by atoms with Gasteiger partial charge >= 0.3 is 0 Å². The van der Waals surface area contributed by atoms with Crippen molar-refractivity contribution in [3.8, 4) is 0 Å². The molecule has 1 heterocycles. The van der Waals surface area contributed by atoms with Gasteiger partial charge in [0, 0.05) is 11.4 Å². The van der Waals surface area contributed by atoms with Crippen molar-refractivity contribution >= 4 is 5.69 Å². The van der Waals surface area contributed by atoms with Crippen molar-refractivity contribution in [2.24, 2.45) is 0 Å². The van der Waals surface area contributed by atoms with Gasteiger partial charge in [-0.15, -0.1) is 0 Å². The largest absolute Gasteiger partial charge is 0.397 e. The number of aliphatic hydroxyl groups is 1. The third kappa shape index (κ3) is 0.885. The molecule has 0 bridgehead atoms. The molecule has 0 aromatic carbocycles. The highest BCUT2D eigenvalue weighted by Gasteiger charge is 2.05. The van der Waals surface area contributed by atoms with Crippen LogP contribution in [0.25, 0.3) is 0 Å². The molecule has 4 N–H and O–H groups in total. The van der Waals surface area contributed by atoms with Crippen molar-refractivity contribution in [1.29, 1.82) is 0 Å². The minimum atomic E-state index is 0.0316. The van der Waals surface area contributed by atoms with Crippen LogP contribution in [0.15, 0.2) is 0 Å². The second-order valence-electron chi connectivity index (χ2n) is 2.43. The number of aliphatic hydroxyl groups excluding tert-OH is 1. The summed E-state index contributed by atoms with van der Waals surface area (Å²) >= 11 is 0. The Bertz CT molecular complexity index is 240. The third-order valence-electron chi connectivity index (χ3n) is 1.76. The number of hydrogen-bond donors (Lipinski definition) is 3. The molecule has 0 aliphatic heterocycles. The molecule has 3 heteroatoms. The van der Waals surface area contributed by atoms with Crippen LogP contribution >= 0.6 is 0 Å². The lowest BCUT2D eigenvalue weighted by atomic mass is 10.2. The molecule has 10 heavy (non-hydrogen) atoms. The van der Waals surface area contributed by atoms with Crippen LogP contribution in [0.4, 0.5) is 5.69 Å². The van der Waals surface area contributed by atoms with E-state index in [0.29, 0.717) is 0 Å². The normalized spacial score (nSPS) is 10.3. The summed E-state index contributed by atoms with van der Waals surface area (Å²) in [5.41, 5.74) is 9.09. The number of aromatic amines is 1. The van der Waals surface area contributed by atoms with Crippen LogP contribution in [0.2, 0.25) is 0 Å². The Morgan fingerprint density at radius 1 is 1.50 bits per heavy atom. The molecule has 3 nitrogen and oxygen atoms in total. The molecule has 0 spiro atoms. The van der Waals surface area contributed by atoms with Crippen LogP contribution in [0.1, 0.15) is 17.0 Å². The summed E-state index contributed by atoms with van der Waals surface area (Å²) in [5, 5.41) is 8.77. The number of H-pyrrole nitrogens is 1. The molecule has 0 fully saturated rings. The number of aromatic nitrogens is 1. The van der Waals surface area contributed by atoms with Gasteiger partial charge in [0.05, 0.1) is 12.3 Å². The lowest BCUT2D eigenvalue weighted by molar-refractivity contribution is 0.276. The number of aryl methyl sites for hydroxylation is 1. The lowest BCUT2D eigenvalue weighted by Crippen LogP contribution is -1.88. The minimum absolute atomic E-state index is 0.0316. The van der Waals surface area contributed by atoms with E-state index >= 15 is 0 Å². The fourth-order valence-electron chi connectivity index (χ4n) is 0.989. The average Bonchev–Trinajstić information content (AvgIpc) is 2.17. The highest BCUT2D eigenvalue weighted by atomic mass is 16.3. The fraction of sp³-hybridized carbons (Fsp3) is 0.429. The van der Waals surface area contributed by atoms with Crippen molar-refractivity contribution in [3.63, 3.8) is 0 Å². The molecule has 1 aromatic rings. The second-order valence-corrected chi connectivity index (χ2v) is 2.43. The molecule has 1 rings (SSSR count). The summed E-state index contributed by atoms with van der Waals surface area (Å²) in [6, 6.07) is 0. The Kier molecular flexibility index (Phi) is 1.68. The molecule has 0 saturated heterocycles. The van der Waals surface area contributed by atoms with E-state index in [1.54, 1.807) is 0 Å².